The highest BCUT2D eigenvalue weighted by molar-refractivity contribution is 7.86. The van der Waals surface area contributed by atoms with Crippen molar-refractivity contribution in [3.8, 4) is 0 Å². The molecule has 0 bridgehead atoms. The molecule has 0 aliphatic rings. The second kappa shape index (κ2) is 28.1. The molecule has 8 nitrogen and oxygen atoms in total. The van der Waals surface area contributed by atoms with E-state index < -0.39 is 31.3 Å². The largest absolute Gasteiger partial charge is 0.741 e. The van der Waals surface area contributed by atoms with Crippen LogP contribution in [0.25, 0.3) is 0 Å². The van der Waals surface area contributed by atoms with Crippen molar-refractivity contribution >= 4 is 20.2 Å². The first-order valence-corrected chi connectivity index (χ1v) is 20.0. The van der Waals surface area contributed by atoms with E-state index in [0.29, 0.717) is 0 Å². The summed E-state index contributed by atoms with van der Waals surface area (Å²) >= 11 is 0. The van der Waals surface area contributed by atoms with Gasteiger partial charge < -0.3 is 18.1 Å². The van der Waals surface area contributed by atoms with Crippen molar-refractivity contribution in [3.05, 3.63) is 0 Å². The van der Waals surface area contributed by atoms with Crippen LogP contribution in [-0.4, -0.2) is 98.8 Å². The number of hydrogen-bond acceptors (Lipinski definition) is 6. The number of unbranched alkanes of at least 4 members (excludes halogenated alkanes) is 7. The Kier molecular flexibility index (Phi) is 31.7. The van der Waals surface area contributed by atoms with Crippen molar-refractivity contribution in [2.45, 2.75) is 149 Å². The van der Waals surface area contributed by atoms with Crippen LogP contribution in [0.15, 0.2) is 0 Å². The Morgan fingerprint density at radius 2 is 0.574 bits per heavy atom. The predicted molar refractivity (Wildman–Crippen MR) is 176 cm³/mol. The zero-order valence-corrected chi connectivity index (χ0v) is 31.9. The van der Waals surface area contributed by atoms with Crippen molar-refractivity contribution in [1.82, 2.24) is 0 Å². The molecule has 0 saturated heterocycles. The van der Waals surface area contributed by atoms with Gasteiger partial charge in [0.05, 0.1) is 52.9 Å². The summed E-state index contributed by atoms with van der Waals surface area (Å²) in [4.78, 5) is 0. The van der Waals surface area contributed by atoms with Crippen molar-refractivity contribution in [2.24, 2.45) is 0 Å². The topological polar surface area (TPSA) is 114 Å². The van der Waals surface area contributed by atoms with Gasteiger partial charge in [-0.05, 0) is 44.9 Å². The molecular formula is C31H66F6N2O6S2. The summed E-state index contributed by atoms with van der Waals surface area (Å²) in [5.74, 6) is 0. The second-order valence-corrected chi connectivity index (χ2v) is 15.0. The maximum absolute atomic E-state index is 10.7. The fraction of sp³-hybridized carbons (Fsp3) is 1.00. The van der Waals surface area contributed by atoms with Crippen molar-refractivity contribution in [3.63, 3.8) is 0 Å². The lowest BCUT2D eigenvalue weighted by Gasteiger charge is -2.39. The van der Waals surface area contributed by atoms with Crippen molar-refractivity contribution in [1.29, 1.82) is 0 Å². The van der Waals surface area contributed by atoms with Crippen molar-refractivity contribution < 1.29 is 61.2 Å². The number of alkyl halides is 6. The van der Waals surface area contributed by atoms with E-state index in [4.69, 9.17) is 25.9 Å². The van der Waals surface area contributed by atoms with Crippen LogP contribution in [-0.2, 0) is 20.2 Å². The van der Waals surface area contributed by atoms with Gasteiger partial charge in [0.15, 0.2) is 20.2 Å². The Balaban J connectivity index is -0.000000277. The van der Waals surface area contributed by atoms with Crippen LogP contribution in [0, 0.1) is 0 Å². The highest BCUT2D eigenvalue weighted by atomic mass is 32.2. The molecule has 0 radical (unpaired) electrons. The normalized spacial score (nSPS) is 12.7. The van der Waals surface area contributed by atoms with Gasteiger partial charge in [-0.25, -0.2) is 16.8 Å². The quantitative estimate of drug-likeness (QED) is 0.0503. The summed E-state index contributed by atoms with van der Waals surface area (Å²) in [5, 5.41) is 0. The van der Waals surface area contributed by atoms with Gasteiger partial charge in [-0.15, -0.1) is 0 Å². The zero-order valence-electron chi connectivity index (χ0n) is 30.3. The summed E-state index contributed by atoms with van der Waals surface area (Å²) in [6, 6.07) is 0. The van der Waals surface area contributed by atoms with Crippen LogP contribution in [0.5, 0.6) is 0 Å². The lowest BCUT2D eigenvalue weighted by atomic mass is 10.1. The molecule has 16 heteroatoms. The summed E-state index contributed by atoms with van der Waals surface area (Å²) in [7, 11) is -9.74. The minimum absolute atomic E-state index is 1.32. The third-order valence-corrected chi connectivity index (χ3v) is 8.80. The maximum atomic E-state index is 10.7. The molecule has 0 aromatic heterocycles. The maximum Gasteiger partial charge on any atom is 0.485 e. The van der Waals surface area contributed by atoms with E-state index in [1.807, 2.05) is 0 Å². The predicted octanol–water partition coefficient (Wildman–Crippen LogP) is 8.94. The Hall–Kier alpha value is -0.680. The average molecular weight is 741 g/mol. The monoisotopic (exact) mass is 740 g/mol. The van der Waals surface area contributed by atoms with Crippen molar-refractivity contribution in [2.75, 3.05) is 52.9 Å². The number of quaternary nitrogens is 2. The number of halogens is 6. The van der Waals surface area contributed by atoms with Gasteiger partial charge in [-0.3, -0.25) is 0 Å². The molecule has 0 amide bonds. The highest BCUT2D eigenvalue weighted by Gasteiger charge is 2.37. The molecule has 47 heavy (non-hydrogen) atoms. The van der Waals surface area contributed by atoms with Gasteiger partial charge in [0, 0.05) is 0 Å². The van der Waals surface area contributed by atoms with Gasteiger partial charge in [-0.2, -0.15) is 26.3 Å². The lowest BCUT2D eigenvalue weighted by molar-refractivity contribution is -0.929. The molecule has 0 aromatic carbocycles. The Morgan fingerprint density at radius 3 is 0.702 bits per heavy atom. The molecule has 0 aromatic rings. The molecule has 290 valence electrons. The number of hydrogen-bond donors (Lipinski definition) is 0. The SMILES string of the molecule is CCCC[N+](C)(CCCC)CCCC.CCCC[N+](CCCC)(CCCC)CCCC.O=S(=O)([O-])C(F)(F)F.O=S(=O)([O-])C(F)(F)F. The standard InChI is InChI=1S/C16H36N.C13H30N.2CHF3O3S/c1-5-9-13-17(14-10-6-2,15-11-7-3)16-12-8-4;1-5-8-11-14(4,12-9-6-2)13-10-7-3;2*2-1(3,4)8(5,6)7/h5-16H2,1-4H3;5-13H2,1-4H3;2*(H,5,6,7)/q2*+1;;/p-2. The second-order valence-electron chi connectivity index (χ2n) is 12.3. The van der Waals surface area contributed by atoms with Crippen LogP contribution >= 0.6 is 0 Å². The summed E-state index contributed by atoms with van der Waals surface area (Å²) in [6.07, 6.45) is 19.3. The Morgan fingerprint density at radius 1 is 0.426 bits per heavy atom. The molecular weight excluding hydrogens is 674 g/mol. The summed E-state index contributed by atoms with van der Waals surface area (Å²) in [6.45, 7) is 26.1. The first kappa shape index (κ1) is 53.1. The highest BCUT2D eigenvalue weighted by Crippen LogP contribution is 2.21. The lowest BCUT2D eigenvalue weighted by Crippen LogP contribution is -2.50. The third-order valence-electron chi connectivity index (χ3n) is 7.67. The van der Waals surface area contributed by atoms with E-state index in [9.17, 15) is 26.3 Å². The van der Waals surface area contributed by atoms with E-state index in [1.165, 1.54) is 145 Å². The minimum atomic E-state index is -6.09. The molecule has 0 aliphatic heterocycles. The van der Waals surface area contributed by atoms with Crippen LogP contribution in [0.3, 0.4) is 0 Å². The van der Waals surface area contributed by atoms with E-state index in [0.717, 1.165) is 0 Å². The first-order valence-electron chi connectivity index (χ1n) is 17.2. The van der Waals surface area contributed by atoms with Crippen LogP contribution in [0.4, 0.5) is 26.3 Å². The van der Waals surface area contributed by atoms with Crippen LogP contribution in [0.1, 0.15) is 138 Å². The van der Waals surface area contributed by atoms with Gasteiger partial charge >= 0.3 is 11.0 Å². The molecule has 0 unspecified atom stereocenters. The minimum Gasteiger partial charge on any atom is -0.741 e. The molecule has 0 N–H and O–H groups in total. The summed E-state index contributed by atoms with van der Waals surface area (Å²) < 4.78 is 121. The molecule has 0 spiro atoms. The summed E-state index contributed by atoms with van der Waals surface area (Å²) in [5.41, 5.74) is -11.3. The molecule has 0 saturated carbocycles. The van der Waals surface area contributed by atoms with E-state index >= 15 is 0 Å². The smallest absolute Gasteiger partial charge is 0.485 e. The fourth-order valence-electron chi connectivity index (χ4n) is 4.60. The van der Waals surface area contributed by atoms with E-state index in [1.54, 1.807) is 0 Å². The third kappa shape index (κ3) is 31.1. The molecule has 0 atom stereocenters. The van der Waals surface area contributed by atoms with Gasteiger partial charge in [0.25, 0.3) is 0 Å². The van der Waals surface area contributed by atoms with Gasteiger partial charge in [-0.1, -0.05) is 93.4 Å². The van der Waals surface area contributed by atoms with E-state index in [-0.39, 0.29) is 0 Å². The molecule has 0 heterocycles. The van der Waals surface area contributed by atoms with Crippen LogP contribution in [0.2, 0.25) is 0 Å². The van der Waals surface area contributed by atoms with E-state index in [2.05, 4.69) is 55.5 Å². The Labute approximate surface area is 283 Å². The Bertz CT molecular complexity index is 830. The molecule has 0 fully saturated rings. The number of nitrogens with zero attached hydrogens (tertiary/aromatic N) is 2. The zero-order chi connectivity index (χ0) is 37.8. The van der Waals surface area contributed by atoms with Crippen LogP contribution < -0.4 is 0 Å². The van der Waals surface area contributed by atoms with Gasteiger partial charge in [0.2, 0.25) is 0 Å². The molecule has 0 rings (SSSR count). The molecule has 0 aliphatic carbocycles. The number of rotatable bonds is 21. The fourth-order valence-corrected chi connectivity index (χ4v) is 4.60. The first-order chi connectivity index (χ1) is 21.4. The average Bonchev–Trinajstić information content (AvgIpc) is 2.96. The van der Waals surface area contributed by atoms with Gasteiger partial charge in [0.1, 0.15) is 0 Å².